The van der Waals surface area contributed by atoms with Crippen molar-refractivity contribution in [3.05, 3.63) is 28.7 Å². The summed E-state index contributed by atoms with van der Waals surface area (Å²) in [6, 6.07) is 0. The summed E-state index contributed by atoms with van der Waals surface area (Å²) < 4.78 is 0. The molecule has 1 fully saturated rings. The van der Waals surface area contributed by atoms with E-state index in [0.717, 1.165) is 5.92 Å². The van der Waals surface area contributed by atoms with Crippen molar-refractivity contribution in [1.29, 1.82) is 0 Å². The van der Waals surface area contributed by atoms with Crippen LogP contribution in [-0.2, 0) is 21.1 Å². The predicted octanol–water partition coefficient (Wildman–Crippen LogP) is 3.75. The molecule has 0 aliphatic heterocycles. The Morgan fingerprint density at radius 3 is 2.00 bits per heavy atom. The standard InChI is InChI=1S/C7H13.3CH3.Pt/c1-2-7-5-3-4-6-7;;;;/h5,7H,2-4,6H2,1H3;3*1H3;/q4*-1;+4. The first-order valence-corrected chi connectivity index (χ1v) is 3.27. The summed E-state index contributed by atoms with van der Waals surface area (Å²) >= 11 is 0. The van der Waals surface area contributed by atoms with Crippen LogP contribution in [0.1, 0.15) is 32.6 Å². The summed E-state index contributed by atoms with van der Waals surface area (Å²) in [6.07, 6.45) is 8.09. The van der Waals surface area contributed by atoms with E-state index in [1.165, 1.54) is 25.7 Å². The summed E-state index contributed by atoms with van der Waals surface area (Å²) in [5.41, 5.74) is 0. The molecule has 1 rings (SSSR count). The molecule has 0 aromatic heterocycles. The second kappa shape index (κ2) is 13.3. The Hall–Kier alpha value is 0.688. The maximum Gasteiger partial charge on any atom is 4.00 e. The Morgan fingerprint density at radius 1 is 1.27 bits per heavy atom. The summed E-state index contributed by atoms with van der Waals surface area (Å²) in [6.45, 7) is 2.27. The maximum atomic E-state index is 2.46. The topological polar surface area (TPSA) is 0 Å². The zero-order valence-electron chi connectivity index (χ0n) is 8.30. The molecule has 0 nitrogen and oxygen atoms in total. The Morgan fingerprint density at radius 2 is 1.82 bits per heavy atom. The van der Waals surface area contributed by atoms with E-state index >= 15 is 0 Å². The van der Waals surface area contributed by atoms with Gasteiger partial charge in [0.15, 0.2) is 0 Å². The summed E-state index contributed by atoms with van der Waals surface area (Å²) in [7, 11) is 0. The van der Waals surface area contributed by atoms with Gasteiger partial charge in [0.25, 0.3) is 0 Å². The van der Waals surface area contributed by atoms with Crippen LogP contribution in [0.4, 0.5) is 0 Å². The molecule has 72 valence electrons. The van der Waals surface area contributed by atoms with E-state index in [1.807, 2.05) is 0 Å². The summed E-state index contributed by atoms with van der Waals surface area (Å²) in [4.78, 5) is 0. The molecule has 0 heterocycles. The third kappa shape index (κ3) is 8.60. The van der Waals surface area contributed by atoms with Crippen LogP contribution in [-0.4, -0.2) is 0 Å². The smallest absolute Gasteiger partial charge is 0.358 e. The van der Waals surface area contributed by atoms with E-state index in [4.69, 9.17) is 0 Å². The zero-order valence-corrected chi connectivity index (χ0v) is 10.6. The molecular weight excluding hydrogens is 315 g/mol. The zero-order chi connectivity index (χ0) is 5.11. The van der Waals surface area contributed by atoms with Crippen molar-refractivity contribution in [2.75, 3.05) is 0 Å². The molecule has 1 unspecified atom stereocenters. The molecule has 0 saturated heterocycles. The molecule has 1 aliphatic rings. The minimum Gasteiger partial charge on any atom is -0.358 e. The van der Waals surface area contributed by atoms with Gasteiger partial charge in [0.1, 0.15) is 0 Å². The van der Waals surface area contributed by atoms with Crippen molar-refractivity contribution < 1.29 is 21.1 Å². The molecule has 0 aromatic rings. The normalized spacial score (nSPS) is 19.9. The molecule has 0 bridgehead atoms. The van der Waals surface area contributed by atoms with Crippen molar-refractivity contribution in [1.82, 2.24) is 0 Å². The van der Waals surface area contributed by atoms with Crippen molar-refractivity contribution in [3.8, 4) is 0 Å². The van der Waals surface area contributed by atoms with E-state index in [-0.39, 0.29) is 43.3 Å². The first kappa shape index (κ1) is 22.6. The van der Waals surface area contributed by atoms with Gasteiger partial charge in [-0.2, -0.15) is 12.3 Å². The van der Waals surface area contributed by atoms with Crippen molar-refractivity contribution in [3.63, 3.8) is 0 Å². The molecule has 1 saturated carbocycles. The quantitative estimate of drug-likeness (QED) is 0.639. The Kier molecular flexibility index (Phi) is 27.3. The largest absolute Gasteiger partial charge is 4.00 e. The summed E-state index contributed by atoms with van der Waals surface area (Å²) in [5, 5.41) is 0. The fourth-order valence-corrected chi connectivity index (χ4v) is 1.22. The number of hydrogen-bond donors (Lipinski definition) is 0. The van der Waals surface area contributed by atoms with Gasteiger partial charge >= 0.3 is 21.1 Å². The molecule has 1 atom stereocenters. The molecule has 0 spiro atoms. The van der Waals surface area contributed by atoms with Gasteiger partial charge in [0.2, 0.25) is 0 Å². The van der Waals surface area contributed by atoms with Crippen molar-refractivity contribution in [2.24, 2.45) is 5.92 Å². The van der Waals surface area contributed by atoms with Gasteiger partial charge in [0, 0.05) is 0 Å². The molecule has 1 aliphatic carbocycles. The van der Waals surface area contributed by atoms with Gasteiger partial charge in [-0.25, -0.2) is 0 Å². The summed E-state index contributed by atoms with van der Waals surface area (Å²) in [5.74, 6) is 0.972. The van der Waals surface area contributed by atoms with Crippen LogP contribution in [0.3, 0.4) is 0 Å². The molecule has 0 N–H and O–H groups in total. The molecule has 0 aromatic carbocycles. The Labute approximate surface area is 88.4 Å². The predicted molar refractivity (Wildman–Crippen MR) is 51.2 cm³/mol. The van der Waals surface area contributed by atoms with E-state index in [2.05, 4.69) is 13.3 Å². The van der Waals surface area contributed by atoms with Crippen LogP contribution in [0.5, 0.6) is 0 Å². The van der Waals surface area contributed by atoms with Crippen LogP contribution in [0.25, 0.3) is 0 Å². The SMILES string of the molecule is CCC1[CH-]CCC1.[CH3-].[CH3-].[CH3-].[Pt+4]. The van der Waals surface area contributed by atoms with E-state index in [1.54, 1.807) is 0 Å². The van der Waals surface area contributed by atoms with Crippen LogP contribution in [0.2, 0.25) is 0 Å². The minimum absolute atomic E-state index is 0. The monoisotopic (exact) mass is 337 g/mol. The molecule has 11 heavy (non-hydrogen) atoms. The average molecular weight is 337 g/mol. The van der Waals surface area contributed by atoms with Crippen LogP contribution in [0, 0.1) is 34.6 Å². The molecule has 1 heteroatoms. The maximum absolute atomic E-state index is 2.46. The average Bonchev–Trinajstić information content (AvgIpc) is 2.14. The number of hydrogen-bond acceptors (Lipinski definition) is 0. The van der Waals surface area contributed by atoms with E-state index in [0.29, 0.717) is 0 Å². The molecular formula is C10H22Pt. The fourth-order valence-electron chi connectivity index (χ4n) is 1.22. The van der Waals surface area contributed by atoms with Crippen LogP contribution < -0.4 is 0 Å². The Balaban J connectivity index is -0.0000000612. The van der Waals surface area contributed by atoms with Gasteiger partial charge in [-0.1, -0.05) is 26.2 Å². The first-order valence-electron chi connectivity index (χ1n) is 3.27. The van der Waals surface area contributed by atoms with Crippen LogP contribution >= 0.6 is 0 Å². The second-order valence-corrected chi connectivity index (χ2v) is 2.33. The number of rotatable bonds is 1. The van der Waals surface area contributed by atoms with Gasteiger partial charge in [-0.15, -0.1) is 0 Å². The molecule has 0 radical (unpaired) electrons. The van der Waals surface area contributed by atoms with Gasteiger partial charge in [0.05, 0.1) is 0 Å². The van der Waals surface area contributed by atoms with E-state index < -0.39 is 0 Å². The minimum atomic E-state index is 0. The fraction of sp³-hybridized carbons (Fsp3) is 0.600. The van der Waals surface area contributed by atoms with E-state index in [9.17, 15) is 0 Å². The Bertz CT molecular complexity index is 46.8. The molecule has 0 amide bonds. The third-order valence-electron chi connectivity index (χ3n) is 1.80. The second-order valence-electron chi connectivity index (χ2n) is 2.33. The van der Waals surface area contributed by atoms with Crippen molar-refractivity contribution in [2.45, 2.75) is 32.6 Å². The third-order valence-corrected chi connectivity index (χ3v) is 1.80. The van der Waals surface area contributed by atoms with Gasteiger partial charge in [-0.3, -0.25) is 0 Å². The van der Waals surface area contributed by atoms with Crippen molar-refractivity contribution >= 4 is 0 Å². The van der Waals surface area contributed by atoms with Gasteiger partial charge in [-0.05, 0) is 0 Å². The van der Waals surface area contributed by atoms with Gasteiger partial charge < -0.3 is 28.7 Å². The first-order chi connectivity index (χ1) is 3.43. The van der Waals surface area contributed by atoms with Crippen LogP contribution in [0.15, 0.2) is 0 Å².